The Morgan fingerprint density at radius 1 is 1.04 bits per heavy atom. The summed E-state index contributed by atoms with van der Waals surface area (Å²) in [5, 5.41) is 0. The van der Waals surface area contributed by atoms with Crippen molar-refractivity contribution in [1.82, 2.24) is 19.9 Å². The lowest BCUT2D eigenvalue weighted by molar-refractivity contribution is 0.322. The first-order valence-corrected chi connectivity index (χ1v) is 9.34. The van der Waals surface area contributed by atoms with Crippen LogP contribution >= 0.6 is 0 Å². The third-order valence-electron chi connectivity index (χ3n) is 5.18. The second-order valence-corrected chi connectivity index (χ2v) is 6.94. The highest BCUT2D eigenvalue weighted by atomic mass is 15.1. The standard InChI is InChI=1S/C22H24N4/c1-2-17-3-4-21(25-14-17)16-26-12-8-20(15-26)19-7-11-24-22(13-19)18-5-9-23-10-6-18/h3-7,9-11,13-14,20H,2,8,12,15-16H2,1H3. The van der Waals surface area contributed by atoms with Crippen LogP contribution in [0.1, 0.15) is 36.1 Å². The van der Waals surface area contributed by atoms with E-state index in [4.69, 9.17) is 0 Å². The molecule has 0 N–H and O–H groups in total. The maximum Gasteiger partial charge on any atom is 0.0705 e. The summed E-state index contributed by atoms with van der Waals surface area (Å²) in [4.78, 5) is 15.7. The minimum atomic E-state index is 0.563. The molecule has 4 rings (SSSR count). The Morgan fingerprint density at radius 2 is 1.92 bits per heavy atom. The van der Waals surface area contributed by atoms with Crippen molar-refractivity contribution in [2.45, 2.75) is 32.2 Å². The molecule has 0 aliphatic carbocycles. The molecule has 0 radical (unpaired) electrons. The quantitative estimate of drug-likeness (QED) is 0.699. The van der Waals surface area contributed by atoms with Crippen molar-refractivity contribution in [2.75, 3.05) is 13.1 Å². The highest BCUT2D eigenvalue weighted by Gasteiger charge is 2.24. The normalized spacial score (nSPS) is 17.5. The van der Waals surface area contributed by atoms with Crippen molar-refractivity contribution in [2.24, 2.45) is 0 Å². The molecular formula is C22H24N4. The van der Waals surface area contributed by atoms with E-state index in [9.17, 15) is 0 Å². The number of hydrogen-bond acceptors (Lipinski definition) is 4. The largest absolute Gasteiger partial charge is 0.297 e. The van der Waals surface area contributed by atoms with Gasteiger partial charge in [0, 0.05) is 43.4 Å². The van der Waals surface area contributed by atoms with E-state index in [1.165, 1.54) is 17.5 Å². The number of aryl methyl sites for hydroxylation is 1. The Balaban J connectivity index is 1.43. The van der Waals surface area contributed by atoms with Crippen LogP contribution in [0.2, 0.25) is 0 Å². The Kier molecular flexibility index (Phi) is 5.02. The average Bonchev–Trinajstić information content (AvgIpc) is 3.18. The molecule has 1 saturated heterocycles. The van der Waals surface area contributed by atoms with E-state index in [-0.39, 0.29) is 0 Å². The van der Waals surface area contributed by atoms with Crippen LogP contribution in [0.5, 0.6) is 0 Å². The topological polar surface area (TPSA) is 41.9 Å². The van der Waals surface area contributed by atoms with Crippen molar-refractivity contribution in [3.8, 4) is 11.3 Å². The van der Waals surface area contributed by atoms with Gasteiger partial charge in [-0.15, -0.1) is 0 Å². The number of nitrogens with zero attached hydrogens (tertiary/aromatic N) is 4. The van der Waals surface area contributed by atoms with Gasteiger partial charge in [0.15, 0.2) is 0 Å². The van der Waals surface area contributed by atoms with E-state index in [0.29, 0.717) is 5.92 Å². The summed E-state index contributed by atoms with van der Waals surface area (Å²) in [6.45, 7) is 5.30. The van der Waals surface area contributed by atoms with Crippen molar-refractivity contribution in [3.05, 3.63) is 78.0 Å². The maximum atomic E-state index is 4.61. The Morgan fingerprint density at radius 3 is 2.69 bits per heavy atom. The molecule has 0 saturated carbocycles. The zero-order valence-electron chi connectivity index (χ0n) is 15.2. The molecule has 0 aromatic carbocycles. The molecule has 26 heavy (non-hydrogen) atoms. The van der Waals surface area contributed by atoms with Crippen LogP contribution in [0.3, 0.4) is 0 Å². The van der Waals surface area contributed by atoms with E-state index in [1.54, 1.807) is 0 Å². The summed E-state index contributed by atoms with van der Waals surface area (Å²) >= 11 is 0. The zero-order chi connectivity index (χ0) is 17.8. The van der Waals surface area contributed by atoms with Gasteiger partial charge in [-0.25, -0.2) is 0 Å². The minimum Gasteiger partial charge on any atom is -0.297 e. The van der Waals surface area contributed by atoms with E-state index < -0.39 is 0 Å². The van der Waals surface area contributed by atoms with Gasteiger partial charge in [0.25, 0.3) is 0 Å². The van der Waals surface area contributed by atoms with Crippen LogP contribution in [-0.2, 0) is 13.0 Å². The van der Waals surface area contributed by atoms with Crippen LogP contribution in [-0.4, -0.2) is 32.9 Å². The van der Waals surface area contributed by atoms with E-state index in [1.807, 2.05) is 36.9 Å². The Bertz CT molecular complexity index is 846. The first-order valence-electron chi connectivity index (χ1n) is 9.34. The fourth-order valence-electron chi connectivity index (χ4n) is 3.62. The summed E-state index contributed by atoms with van der Waals surface area (Å²) in [7, 11) is 0. The van der Waals surface area contributed by atoms with Gasteiger partial charge in [-0.2, -0.15) is 0 Å². The van der Waals surface area contributed by atoms with Gasteiger partial charge >= 0.3 is 0 Å². The number of hydrogen-bond donors (Lipinski definition) is 0. The molecule has 1 unspecified atom stereocenters. The summed E-state index contributed by atoms with van der Waals surface area (Å²) in [6, 6.07) is 12.8. The average molecular weight is 344 g/mol. The molecular weight excluding hydrogens is 320 g/mol. The molecule has 3 aromatic heterocycles. The van der Waals surface area contributed by atoms with Gasteiger partial charge in [0.05, 0.1) is 11.4 Å². The van der Waals surface area contributed by atoms with E-state index >= 15 is 0 Å². The number of likely N-dealkylation sites (tertiary alicyclic amines) is 1. The first-order chi connectivity index (χ1) is 12.8. The summed E-state index contributed by atoms with van der Waals surface area (Å²) < 4.78 is 0. The second-order valence-electron chi connectivity index (χ2n) is 6.94. The van der Waals surface area contributed by atoms with Crippen molar-refractivity contribution in [3.63, 3.8) is 0 Å². The summed E-state index contributed by atoms with van der Waals surface area (Å²) in [6.07, 6.45) is 9.80. The fraction of sp³-hybridized carbons (Fsp3) is 0.318. The molecule has 0 spiro atoms. The molecule has 1 aliphatic rings. The Hall–Kier alpha value is -2.59. The monoisotopic (exact) mass is 344 g/mol. The maximum absolute atomic E-state index is 4.61. The highest BCUT2D eigenvalue weighted by Crippen LogP contribution is 2.29. The highest BCUT2D eigenvalue weighted by molar-refractivity contribution is 5.59. The molecule has 0 amide bonds. The van der Waals surface area contributed by atoms with Crippen molar-refractivity contribution < 1.29 is 0 Å². The first kappa shape index (κ1) is 16.9. The number of aromatic nitrogens is 3. The number of rotatable bonds is 5. The third kappa shape index (κ3) is 3.81. The van der Waals surface area contributed by atoms with Crippen molar-refractivity contribution in [1.29, 1.82) is 0 Å². The lowest BCUT2D eigenvalue weighted by atomic mass is 9.97. The Labute approximate surface area is 155 Å². The van der Waals surface area contributed by atoms with Gasteiger partial charge in [0.1, 0.15) is 0 Å². The van der Waals surface area contributed by atoms with Gasteiger partial charge in [-0.05, 0) is 66.8 Å². The lowest BCUT2D eigenvalue weighted by Crippen LogP contribution is -2.20. The molecule has 1 aliphatic heterocycles. The molecule has 4 heteroatoms. The van der Waals surface area contributed by atoms with Crippen LogP contribution < -0.4 is 0 Å². The molecule has 1 fully saturated rings. The van der Waals surface area contributed by atoms with Gasteiger partial charge < -0.3 is 0 Å². The predicted octanol–water partition coefficient (Wildman–Crippen LogP) is 4.09. The van der Waals surface area contributed by atoms with Crippen LogP contribution in [0.4, 0.5) is 0 Å². The SMILES string of the molecule is CCc1ccc(CN2CCC(c3ccnc(-c4ccncc4)c3)C2)nc1. The summed E-state index contributed by atoms with van der Waals surface area (Å²) in [5.41, 5.74) is 5.99. The van der Waals surface area contributed by atoms with Crippen LogP contribution in [0, 0.1) is 0 Å². The summed E-state index contributed by atoms with van der Waals surface area (Å²) in [5.74, 6) is 0.563. The minimum absolute atomic E-state index is 0.563. The molecule has 0 bridgehead atoms. The third-order valence-corrected chi connectivity index (χ3v) is 5.18. The zero-order valence-corrected chi connectivity index (χ0v) is 15.2. The number of pyridine rings is 3. The second kappa shape index (κ2) is 7.75. The van der Waals surface area contributed by atoms with Gasteiger partial charge in [0.2, 0.25) is 0 Å². The molecule has 132 valence electrons. The van der Waals surface area contributed by atoms with Gasteiger partial charge in [-0.1, -0.05) is 13.0 Å². The lowest BCUT2D eigenvalue weighted by Gasteiger charge is -2.16. The van der Waals surface area contributed by atoms with Crippen LogP contribution in [0.15, 0.2) is 61.2 Å². The predicted molar refractivity (Wildman–Crippen MR) is 104 cm³/mol. The molecule has 3 aromatic rings. The fourth-order valence-corrected chi connectivity index (χ4v) is 3.62. The van der Waals surface area contributed by atoms with Crippen LogP contribution in [0.25, 0.3) is 11.3 Å². The van der Waals surface area contributed by atoms with Gasteiger partial charge in [-0.3, -0.25) is 19.9 Å². The van der Waals surface area contributed by atoms with E-state index in [2.05, 4.69) is 51.0 Å². The molecule has 1 atom stereocenters. The molecule has 4 heterocycles. The smallest absolute Gasteiger partial charge is 0.0705 e. The van der Waals surface area contributed by atoms with Crippen molar-refractivity contribution >= 4 is 0 Å². The van der Waals surface area contributed by atoms with E-state index in [0.717, 1.165) is 43.0 Å². The molecule has 4 nitrogen and oxygen atoms in total.